The molecule has 2 rings (SSSR count). The van der Waals surface area contributed by atoms with E-state index >= 15 is 0 Å². The van der Waals surface area contributed by atoms with Crippen molar-refractivity contribution in [2.45, 2.75) is 12.8 Å². The van der Waals surface area contributed by atoms with Crippen molar-refractivity contribution in [3.63, 3.8) is 0 Å². The van der Waals surface area contributed by atoms with E-state index in [0.29, 0.717) is 12.0 Å². The lowest BCUT2D eigenvalue weighted by Crippen LogP contribution is -1.96. The normalized spacial score (nSPS) is 10.7. The SMILES string of the molecule is O=C(O)CCc1coc2ccc(O)cc12. The third-order valence-electron chi connectivity index (χ3n) is 2.25. The smallest absolute Gasteiger partial charge is 0.303 e. The molecular formula is C11H10O4. The van der Waals surface area contributed by atoms with E-state index in [0.717, 1.165) is 10.9 Å². The molecule has 1 heterocycles. The molecule has 0 aliphatic heterocycles. The summed E-state index contributed by atoms with van der Waals surface area (Å²) in [5, 5.41) is 18.6. The van der Waals surface area contributed by atoms with E-state index in [4.69, 9.17) is 9.52 Å². The van der Waals surface area contributed by atoms with Crippen molar-refractivity contribution in [1.29, 1.82) is 0 Å². The van der Waals surface area contributed by atoms with Gasteiger partial charge in [-0.3, -0.25) is 4.79 Å². The Balaban J connectivity index is 2.35. The number of benzene rings is 1. The molecule has 0 aliphatic carbocycles. The quantitative estimate of drug-likeness (QED) is 0.807. The van der Waals surface area contributed by atoms with Crippen LogP contribution in [-0.4, -0.2) is 16.2 Å². The lowest BCUT2D eigenvalue weighted by Gasteiger charge is -1.95. The molecule has 2 aromatic rings. The molecule has 0 fully saturated rings. The molecule has 0 bridgehead atoms. The van der Waals surface area contributed by atoms with E-state index in [1.807, 2.05) is 0 Å². The molecule has 0 atom stereocenters. The van der Waals surface area contributed by atoms with Gasteiger partial charge in [-0.05, 0) is 30.2 Å². The number of phenolic OH excluding ortho intramolecular Hbond substituents is 1. The van der Waals surface area contributed by atoms with Gasteiger partial charge in [0, 0.05) is 11.8 Å². The summed E-state index contributed by atoms with van der Waals surface area (Å²) in [4.78, 5) is 10.4. The summed E-state index contributed by atoms with van der Waals surface area (Å²) in [5.74, 6) is -0.690. The Bertz CT molecular complexity index is 498. The maximum absolute atomic E-state index is 10.4. The number of hydrogen-bond acceptors (Lipinski definition) is 3. The Morgan fingerprint density at radius 2 is 2.20 bits per heavy atom. The minimum atomic E-state index is -0.843. The zero-order valence-electron chi connectivity index (χ0n) is 7.93. The molecule has 2 N–H and O–H groups in total. The molecule has 4 heteroatoms. The average molecular weight is 206 g/mol. The lowest BCUT2D eigenvalue weighted by atomic mass is 10.1. The lowest BCUT2D eigenvalue weighted by molar-refractivity contribution is -0.136. The second-order valence-electron chi connectivity index (χ2n) is 3.34. The van der Waals surface area contributed by atoms with Crippen molar-refractivity contribution in [1.82, 2.24) is 0 Å². The van der Waals surface area contributed by atoms with Gasteiger partial charge >= 0.3 is 5.97 Å². The van der Waals surface area contributed by atoms with Crippen LogP contribution in [0.15, 0.2) is 28.9 Å². The molecule has 0 unspecified atom stereocenters. The molecule has 0 spiro atoms. The zero-order chi connectivity index (χ0) is 10.8. The summed E-state index contributed by atoms with van der Waals surface area (Å²) in [6.45, 7) is 0. The van der Waals surface area contributed by atoms with E-state index in [-0.39, 0.29) is 12.2 Å². The number of carboxylic acids is 1. The second kappa shape index (κ2) is 3.65. The Morgan fingerprint density at radius 1 is 1.40 bits per heavy atom. The summed E-state index contributed by atoms with van der Waals surface area (Å²) in [7, 11) is 0. The molecule has 78 valence electrons. The number of aromatic hydroxyl groups is 1. The van der Waals surface area contributed by atoms with Crippen LogP contribution in [0, 0.1) is 0 Å². The van der Waals surface area contributed by atoms with Crippen molar-refractivity contribution in [3.05, 3.63) is 30.0 Å². The molecule has 1 aromatic heterocycles. The number of furan rings is 1. The van der Waals surface area contributed by atoms with Crippen LogP contribution in [0.1, 0.15) is 12.0 Å². The van der Waals surface area contributed by atoms with Gasteiger partial charge in [0.15, 0.2) is 0 Å². The summed E-state index contributed by atoms with van der Waals surface area (Å²) in [6.07, 6.45) is 2.00. The molecule has 0 aliphatic rings. The minimum absolute atomic E-state index is 0.0598. The van der Waals surface area contributed by atoms with Gasteiger partial charge in [0.05, 0.1) is 6.26 Å². The van der Waals surface area contributed by atoms with Crippen LogP contribution in [0.4, 0.5) is 0 Å². The van der Waals surface area contributed by atoms with Crippen molar-refractivity contribution < 1.29 is 19.4 Å². The van der Waals surface area contributed by atoms with E-state index in [1.165, 1.54) is 12.3 Å². The van der Waals surface area contributed by atoms with Crippen LogP contribution in [-0.2, 0) is 11.2 Å². The molecule has 0 amide bonds. The molecule has 0 saturated carbocycles. The van der Waals surface area contributed by atoms with E-state index in [9.17, 15) is 9.90 Å². The van der Waals surface area contributed by atoms with Gasteiger partial charge in [0.25, 0.3) is 0 Å². The Morgan fingerprint density at radius 3 is 2.93 bits per heavy atom. The van der Waals surface area contributed by atoms with Crippen LogP contribution in [0.5, 0.6) is 5.75 Å². The summed E-state index contributed by atoms with van der Waals surface area (Å²) in [6, 6.07) is 4.78. The minimum Gasteiger partial charge on any atom is -0.508 e. The molecule has 15 heavy (non-hydrogen) atoms. The number of aliphatic carboxylic acids is 1. The highest BCUT2D eigenvalue weighted by Gasteiger charge is 2.08. The number of rotatable bonds is 3. The highest BCUT2D eigenvalue weighted by Crippen LogP contribution is 2.25. The van der Waals surface area contributed by atoms with Crippen molar-refractivity contribution >= 4 is 16.9 Å². The fraction of sp³-hybridized carbons (Fsp3) is 0.182. The number of carboxylic acid groups (broad SMARTS) is 1. The highest BCUT2D eigenvalue weighted by molar-refractivity contribution is 5.83. The molecular weight excluding hydrogens is 196 g/mol. The van der Waals surface area contributed by atoms with Crippen molar-refractivity contribution in [2.75, 3.05) is 0 Å². The first-order chi connectivity index (χ1) is 7.16. The van der Waals surface area contributed by atoms with Crippen molar-refractivity contribution in [3.8, 4) is 5.75 Å². The highest BCUT2D eigenvalue weighted by atomic mass is 16.4. The standard InChI is InChI=1S/C11H10O4/c12-8-2-3-10-9(5-8)7(6-15-10)1-4-11(13)14/h2-3,5-6,12H,1,4H2,(H,13,14). The van der Waals surface area contributed by atoms with Gasteiger partial charge in [-0.15, -0.1) is 0 Å². The van der Waals surface area contributed by atoms with Crippen LogP contribution in [0.25, 0.3) is 11.0 Å². The van der Waals surface area contributed by atoms with Crippen LogP contribution in [0.2, 0.25) is 0 Å². The monoisotopic (exact) mass is 206 g/mol. The largest absolute Gasteiger partial charge is 0.508 e. The summed E-state index contributed by atoms with van der Waals surface area (Å²) >= 11 is 0. The number of aryl methyl sites for hydroxylation is 1. The van der Waals surface area contributed by atoms with Crippen LogP contribution >= 0.6 is 0 Å². The maximum atomic E-state index is 10.4. The van der Waals surface area contributed by atoms with Crippen LogP contribution < -0.4 is 0 Å². The molecule has 4 nitrogen and oxygen atoms in total. The van der Waals surface area contributed by atoms with Crippen LogP contribution in [0.3, 0.4) is 0 Å². The third-order valence-corrected chi connectivity index (χ3v) is 2.25. The molecule has 1 aromatic carbocycles. The summed E-state index contributed by atoms with van der Waals surface area (Å²) in [5.41, 5.74) is 1.47. The van der Waals surface area contributed by atoms with E-state index in [2.05, 4.69) is 0 Å². The maximum Gasteiger partial charge on any atom is 0.303 e. The van der Waals surface area contributed by atoms with Gasteiger partial charge in [0.1, 0.15) is 11.3 Å². The summed E-state index contributed by atoms with van der Waals surface area (Å²) < 4.78 is 5.23. The predicted octanol–water partition coefficient (Wildman–Crippen LogP) is 2.16. The Kier molecular flexibility index (Phi) is 2.33. The second-order valence-corrected chi connectivity index (χ2v) is 3.34. The molecule has 0 radical (unpaired) electrons. The Hall–Kier alpha value is -1.97. The average Bonchev–Trinajstić information content (AvgIpc) is 2.57. The topological polar surface area (TPSA) is 70.7 Å². The Labute approximate surface area is 85.8 Å². The van der Waals surface area contributed by atoms with E-state index < -0.39 is 5.97 Å². The van der Waals surface area contributed by atoms with E-state index in [1.54, 1.807) is 12.1 Å². The number of carbonyl (C=O) groups is 1. The zero-order valence-corrected chi connectivity index (χ0v) is 7.93. The van der Waals surface area contributed by atoms with Gasteiger partial charge in [-0.1, -0.05) is 0 Å². The first-order valence-corrected chi connectivity index (χ1v) is 4.57. The first kappa shape index (κ1) is 9.58. The number of phenols is 1. The fourth-order valence-corrected chi connectivity index (χ4v) is 1.50. The first-order valence-electron chi connectivity index (χ1n) is 4.57. The van der Waals surface area contributed by atoms with Gasteiger partial charge in [-0.25, -0.2) is 0 Å². The van der Waals surface area contributed by atoms with Crippen molar-refractivity contribution in [2.24, 2.45) is 0 Å². The fourth-order valence-electron chi connectivity index (χ4n) is 1.50. The van der Waals surface area contributed by atoms with Gasteiger partial charge in [-0.2, -0.15) is 0 Å². The predicted molar refractivity (Wildman–Crippen MR) is 53.8 cm³/mol. The number of fused-ring (bicyclic) bond motifs is 1. The van der Waals surface area contributed by atoms with Gasteiger partial charge < -0.3 is 14.6 Å². The third kappa shape index (κ3) is 1.93. The molecule has 0 saturated heterocycles. The number of hydrogen-bond donors (Lipinski definition) is 2. The van der Waals surface area contributed by atoms with Gasteiger partial charge in [0.2, 0.25) is 0 Å².